The Kier molecular flexibility index (Phi) is 5.30. The third-order valence-corrected chi connectivity index (χ3v) is 4.31. The van der Waals surface area contributed by atoms with Gasteiger partial charge in [0.05, 0.1) is 38.6 Å². The minimum Gasteiger partial charge on any atom is -0.497 e. The summed E-state index contributed by atoms with van der Waals surface area (Å²) in [6.07, 6.45) is 0. The van der Waals surface area contributed by atoms with Crippen molar-refractivity contribution in [3.63, 3.8) is 0 Å². The molecule has 1 atom stereocenters. The van der Waals surface area contributed by atoms with Gasteiger partial charge in [-0.25, -0.2) is 9.59 Å². The van der Waals surface area contributed by atoms with E-state index in [0.717, 1.165) is 5.56 Å². The predicted octanol–water partition coefficient (Wildman–Crippen LogP) is 2.64. The molecule has 7 heteroatoms. The summed E-state index contributed by atoms with van der Waals surface area (Å²) in [7, 11) is 4.45. The van der Waals surface area contributed by atoms with Gasteiger partial charge < -0.3 is 24.8 Å². The van der Waals surface area contributed by atoms with Crippen LogP contribution >= 0.6 is 0 Å². The lowest BCUT2D eigenvalue weighted by atomic mass is 9.92. The fourth-order valence-electron chi connectivity index (χ4n) is 2.93. The zero-order valence-corrected chi connectivity index (χ0v) is 15.2. The highest BCUT2D eigenvalue weighted by atomic mass is 16.5. The fraction of sp³-hybridized carbons (Fsp3) is 0.200. The molecule has 0 spiro atoms. The maximum Gasteiger partial charge on any atom is 0.338 e. The number of amides is 2. The monoisotopic (exact) mass is 368 g/mol. The molecule has 0 aromatic heterocycles. The SMILES string of the molecule is COC(=O)C1=C(c2ccc(OC)cc2)NC(=O)NC1c1ccc(OC)cc1. The molecule has 140 valence electrons. The number of ether oxygens (including phenoxy) is 3. The third kappa shape index (κ3) is 3.72. The minimum absolute atomic E-state index is 0.312. The Hall–Kier alpha value is -3.48. The van der Waals surface area contributed by atoms with Gasteiger partial charge in [0.25, 0.3) is 0 Å². The van der Waals surface area contributed by atoms with Crippen LogP contribution < -0.4 is 20.1 Å². The Bertz CT molecular complexity index is 872. The zero-order valence-electron chi connectivity index (χ0n) is 15.2. The van der Waals surface area contributed by atoms with Crippen molar-refractivity contribution < 1.29 is 23.8 Å². The van der Waals surface area contributed by atoms with Crippen LogP contribution in [0.4, 0.5) is 4.79 Å². The second-order valence-electron chi connectivity index (χ2n) is 5.81. The Labute approximate surface area is 156 Å². The van der Waals surface area contributed by atoms with E-state index in [4.69, 9.17) is 14.2 Å². The van der Waals surface area contributed by atoms with E-state index in [1.54, 1.807) is 62.8 Å². The van der Waals surface area contributed by atoms with Crippen LogP contribution in [0.25, 0.3) is 5.70 Å². The van der Waals surface area contributed by atoms with Crippen LogP contribution in [0.15, 0.2) is 54.1 Å². The summed E-state index contributed by atoms with van der Waals surface area (Å²) >= 11 is 0. The molecule has 0 radical (unpaired) electrons. The predicted molar refractivity (Wildman–Crippen MR) is 99.3 cm³/mol. The molecule has 1 unspecified atom stereocenters. The number of nitrogens with one attached hydrogen (secondary N) is 2. The standard InChI is InChI=1S/C20H20N2O5/c1-25-14-8-4-12(5-9-14)17-16(19(23)27-3)18(22-20(24)21-17)13-6-10-15(26-2)11-7-13/h4-11,17H,1-3H3,(H2,21,22,24). The second kappa shape index (κ2) is 7.82. The van der Waals surface area contributed by atoms with Crippen LogP contribution in [0.3, 0.4) is 0 Å². The molecule has 0 fully saturated rings. The number of carbonyl (C=O) groups excluding carboxylic acids is 2. The van der Waals surface area contributed by atoms with E-state index in [0.29, 0.717) is 28.3 Å². The van der Waals surface area contributed by atoms with E-state index >= 15 is 0 Å². The van der Waals surface area contributed by atoms with Crippen LogP contribution in [-0.2, 0) is 9.53 Å². The summed E-state index contributed by atoms with van der Waals surface area (Å²) in [5.74, 6) is 0.818. The van der Waals surface area contributed by atoms with Gasteiger partial charge in [-0.3, -0.25) is 0 Å². The largest absolute Gasteiger partial charge is 0.497 e. The van der Waals surface area contributed by atoms with E-state index in [9.17, 15) is 9.59 Å². The summed E-state index contributed by atoms with van der Waals surface area (Å²) in [6.45, 7) is 0. The van der Waals surface area contributed by atoms with Crippen molar-refractivity contribution in [3.05, 3.63) is 65.2 Å². The lowest BCUT2D eigenvalue weighted by Crippen LogP contribution is -2.45. The van der Waals surface area contributed by atoms with Gasteiger partial charge in [0.15, 0.2) is 0 Å². The van der Waals surface area contributed by atoms with Crippen molar-refractivity contribution in [1.29, 1.82) is 0 Å². The van der Waals surface area contributed by atoms with E-state index in [1.165, 1.54) is 7.11 Å². The average molecular weight is 368 g/mol. The second-order valence-corrected chi connectivity index (χ2v) is 5.81. The topological polar surface area (TPSA) is 85.9 Å². The summed E-state index contributed by atoms with van der Waals surface area (Å²) in [6, 6.07) is 13.1. The van der Waals surface area contributed by atoms with Crippen LogP contribution in [0.1, 0.15) is 17.2 Å². The number of esters is 1. The molecule has 1 heterocycles. The first-order valence-corrected chi connectivity index (χ1v) is 8.25. The van der Waals surface area contributed by atoms with Gasteiger partial charge in [0.2, 0.25) is 0 Å². The number of carbonyl (C=O) groups is 2. The van der Waals surface area contributed by atoms with Crippen molar-refractivity contribution in [2.45, 2.75) is 6.04 Å². The van der Waals surface area contributed by atoms with Gasteiger partial charge in [0.1, 0.15) is 11.5 Å². The number of hydrogen-bond donors (Lipinski definition) is 2. The zero-order chi connectivity index (χ0) is 19.4. The van der Waals surface area contributed by atoms with Gasteiger partial charge in [-0.2, -0.15) is 0 Å². The lowest BCUT2D eigenvalue weighted by molar-refractivity contribution is -0.136. The maximum absolute atomic E-state index is 12.6. The fourth-order valence-corrected chi connectivity index (χ4v) is 2.93. The Morgan fingerprint density at radius 3 is 1.96 bits per heavy atom. The van der Waals surface area contributed by atoms with E-state index < -0.39 is 18.0 Å². The molecule has 2 N–H and O–H groups in total. The van der Waals surface area contributed by atoms with Gasteiger partial charge in [-0.1, -0.05) is 12.1 Å². The van der Waals surface area contributed by atoms with E-state index in [2.05, 4.69) is 10.6 Å². The normalized spacial score (nSPS) is 16.3. The molecule has 0 bridgehead atoms. The van der Waals surface area contributed by atoms with Crippen molar-refractivity contribution in [1.82, 2.24) is 10.6 Å². The van der Waals surface area contributed by atoms with Crippen LogP contribution in [-0.4, -0.2) is 33.3 Å². The van der Waals surface area contributed by atoms with Crippen LogP contribution in [0.2, 0.25) is 0 Å². The molecular weight excluding hydrogens is 348 g/mol. The average Bonchev–Trinajstić information content (AvgIpc) is 2.72. The molecule has 0 saturated heterocycles. The first kappa shape index (κ1) is 18.3. The molecule has 2 aromatic carbocycles. The highest BCUT2D eigenvalue weighted by Gasteiger charge is 2.34. The summed E-state index contributed by atoms with van der Waals surface area (Å²) in [5, 5.41) is 5.50. The summed E-state index contributed by atoms with van der Waals surface area (Å²) in [4.78, 5) is 24.8. The summed E-state index contributed by atoms with van der Waals surface area (Å²) < 4.78 is 15.3. The number of hydrogen-bond acceptors (Lipinski definition) is 5. The molecule has 27 heavy (non-hydrogen) atoms. The van der Waals surface area contributed by atoms with Crippen LogP contribution in [0.5, 0.6) is 11.5 Å². The maximum atomic E-state index is 12.6. The smallest absolute Gasteiger partial charge is 0.338 e. The van der Waals surface area contributed by atoms with Crippen molar-refractivity contribution in [2.24, 2.45) is 0 Å². The van der Waals surface area contributed by atoms with Gasteiger partial charge in [-0.15, -0.1) is 0 Å². The van der Waals surface area contributed by atoms with E-state index in [1.807, 2.05) is 0 Å². The Morgan fingerprint density at radius 1 is 0.889 bits per heavy atom. The molecule has 2 aromatic rings. The highest BCUT2D eigenvalue weighted by molar-refractivity contribution is 6.04. The molecule has 3 rings (SSSR count). The lowest BCUT2D eigenvalue weighted by Gasteiger charge is -2.29. The number of benzene rings is 2. The molecule has 7 nitrogen and oxygen atoms in total. The van der Waals surface area contributed by atoms with E-state index in [-0.39, 0.29) is 0 Å². The minimum atomic E-state index is -0.658. The first-order chi connectivity index (χ1) is 13.1. The van der Waals surface area contributed by atoms with Crippen molar-refractivity contribution in [2.75, 3.05) is 21.3 Å². The molecule has 1 aliphatic rings. The first-order valence-electron chi connectivity index (χ1n) is 8.25. The molecule has 0 saturated carbocycles. The van der Waals surface area contributed by atoms with Crippen molar-refractivity contribution >= 4 is 17.7 Å². The van der Waals surface area contributed by atoms with Gasteiger partial charge in [0, 0.05) is 0 Å². The number of methoxy groups -OCH3 is 3. The quantitative estimate of drug-likeness (QED) is 0.793. The molecule has 1 aliphatic heterocycles. The Morgan fingerprint density at radius 2 is 1.44 bits per heavy atom. The molecular formula is C20H20N2O5. The number of rotatable bonds is 5. The van der Waals surface area contributed by atoms with Gasteiger partial charge >= 0.3 is 12.0 Å². The van der Waals surface area contributed by atoms with Crippen LogP contribution in [0, 0.1) is 0 Å². The third-order valence-electron chi connectivity index (χ3n) is 4.31. The molecule has 2 amide bonds. The summed E-state index contributed by atoms with van der Waals surface area (Å²) in [5.41, 5.74) is 2.11. The number of urea groups is 1. The van der Waals surface area contributed by atoms with Gasteiger partial charge in [-0.05, 0) is 47.5 Å². The Balaban J connectivity index is 2.12. The molecule has 0 aliphatic carbocycles. The highest BCUT2D eigenvalue weighted by Crippen LogP contribution is 2.33. The van der Waals surface area contributed by atoms with Crippen molar-refractivity contribution in [3.8, 4) is 11.5 Å².